The molecule has 5 N–H and O–H groups in total. The Morgan fingerprint density at radius 2 is 1.85 bits per heavy atom. The number of rotatable bonds is 6. The maximum Gasteiger partial charge on any atom is 0.398 e. The summed E-state index contributed by atoms with van der Waals surface area (Å²) < 4.78 is 39.5. The lowest BCUT2D eigenvalue weighted by atomic mass is 9.87. The number of nitrogens with two attached hydrogens (primary N) is 2. The zero-order valence-corrected chi connectivity index (χ0v) is 14.9. The lowest BCUT2D eigenvalue weighted by Gasteiger charge is -2.40. The summed E-state index contributed by atoms with van der Waals surface area (Å²) >= 11 is 0. The fourth-order valence-electron chi connectivity index (χ4n) is 3.57. The van der Waals surface area contributed by atoms with Crippen LogP contribution in [0, 0.1) is 0 Å². The van der Waals surface area contributed by atoms with Gasteiger partial charge in [-0.25, -0.2) is 0 Å². The van der Waals surface area contributed by atoms with E-state index in [9.17, 15) is 23.1 Å². The van der Waals surface area contributed by atoms with Crippen molar-refractivity contribution in [3.05, 3.63) is 47.3 Å². The number of nitrogens with zero attached hydrogens (tertiary/aromatic N) is 1. The number of hydrogen-bond donors (Lipinski definition) is 3. The molecule has 1 aliphatic carbocycles. The Hall–Kier alpha value is -2.22. The van der Waals surface area contributed by atoms with Crippen molar-refractivity contribution in [1.29, 1.82) is 0 Å². The lowest BCUT2D eigenvalue weighted by Crippen LogP contribution is -2.49. The third-order valence-electron chi connectivity index (χ3n) is 5.56. The number of hydrogen-bond acceptors (Lipinski definition) is 4. The molecule has 1 atom stereocenters. The molecular weight excluding hydrogens is 359 g/mol. The highest BCUT2D eigenvalue weighted by molar-refractivity contribution is 5.77. The van der Waals surface area contributed by atoms with Crippen LogP contribution in [0.1, 0.15) is 42.7 Å². The van der Waals surface area contributed by atoms with Crippen LogP contribution >= 0.6 is 0 Å². The molecular formula is C19H24F3N3O2. The number of carbonyl (C=O) groups is 1. The summed E-state index contributed by atoms with van der Waals surface area (Å²) in [5.41, 5.74) is 10.7. The van der Waals surface area contributed by atoms with Crippen molar-refractivity contribution in [2.75, 3.05) is 13.1 Å². The van der Waals surface area contributed by atoms with Crippen molar-refractivity contribution in [2.24, 2.45) is 11.5 Å². The quantitative estimate of drug-likeness (QED) is 0.702. The molecule has 1 saturated heterocycles. The molecule has 2 aliphatic rings. The molecule has 1 saturated carbocycles. The van der Waals surface area contributed by atoms with Crippen molar-refractivity contribution in [1.82, 2.24) is 4.90 Å². The first-order valence-electron chi connectivity index (χ1n) is 8.95. The number of halogens is 3. The number of aliphatic hydroxyl groups is 1. The number of amides is 1. The topological polar surface area (TPSA) is 92.6 Å². The van der Waals surface area contributed by atoms with Crippen LogP contribution in [0.4, 0.5) is 13.2 Å². The molecule has 27 heavy (non-hydrogen) atoms. The van der Waals surface area contributed by atoms with E-state index in [2.05, 4.69) is 0 Å². The van der Waals surface area contributed by atoms with E-state index in [1.54, 1.807) is 29.2 Å². The molecule has 0 bridgehead atoms. The largest absolute Gasteiger partial charge is 0.403 e. The molecule has 1 unspecified atom stereocenters. The van der Waals surface area contributed by atoms with E-state index in [0.717, 1.165) is 5.56 Å². The molecule has 0 radical (unpaired) electrons. The van der Waals surface area contributed by atoms with Gasteiger partial charge in [0.15, 0.2) is 0 Å². The van der Waals surface area contributed by atoms with Crippen LogP contribution in [0.25, 0.3) is 0 Å². The maximum absolute atomic E-state index is 13.2. The van der Waals surface area contributed by atoms with Gasteiger partial charge in [-0.3, -0.25) is 4.79 Å². The molecule has 0 spiro atoms. The molecule has 3 rings (SSSR count). The second-order valence-corrected chi connectivity index (χ2v) is 7.50. The minimum absolute atomic E-state index is 0.0334. The van der Waals surface area contributed by atoms with Crippen LogP contribution in [-0.2, 0) is 10.2 Å². The highest BCUT2D eigenvalue weighted by Crippen LogP contribution is 2.58. The van der Waals surface area contributed by atoms with E-state index >= 15 is 0 Å². The predicted octanol–water partition coefficient (Wildman–Crippen LogP) is 2.11. The van der Waals surface area contributed by atoms with Gasteiger partial charge in [-0.2, -0.15) is 13.2 Å². The SMILES string of the molecule is N/C=C(\N)CC(O)CC(=O)N1CC(c2ccc(C3(C(F)(F)F)CC3)cc2)C1. The minimum atomic E-state index is -4.21. The number of carbonyl (C=O) groups excluding carboxylic acids is 1. The minimum Gasteiger partial charge on any atom is -0.403 e. The number of likely N-dealkylation sites (tertiary alicyclic amines) is 1. The molecule has 1 heterocycles. The van der Waals surface area contributed by atoms with Gasteiger partial charge in [0.05, 0.1) is 17.9 Å². The van der Waals surface area contributed by atoms with Gasteiger partial charge in [-0.15, -0.1) is 0 Å². The van der Waals surface area contributed by atoms with Gasteiger partial charge in [-0.1, -0.05) is 24.3 Å². The van der Waals surface area contributed by atoms with Crippen molar-refractivity contribution in [3.63, 3.8) is 0 Å². The van der Waals surface area contributed by atoms with Gasteiger partial charge in [0.25, 0.3) is 0 Å². The van der Waals surface area contributed by atoms with Gasteiger partial charge in [0.1, 0.15) is 0 Å². The van der Waals surface area contributed by atoms with Gasteiger partial charge >= 0.3 is 6.18 Å². The summed E-state index contributed by atoms with van der Waals surface area (Å²) in [7, 11) is 0. The first-order valence-corrected chi connectivity index (χ1v) is 8.95. The van der Waals surface area contributed by atoms with Crippen LogP contribution in [0.2, 0.25) is 0 Å². The summed E-state index contributed by atoms with van der Waals surface area (Å²) in [6.45, 7) is 0.995. The van der Waals surface area contributed by atoms with Crippen molar-refractivity contribution in [2.45, 2.75) is 49.3 Å². The third-order valence-corrected chi connectivity index (χ3v) is 5.56. The van der Waals surface area contributed by atoms with Gasteiger partial charge in [0.2, 0.25) is 5.91 Å². The molecule has 1 aromatic rings. The summed E-state index contributed by atoms with van der Waals surface area (Å²) in [6.07, 6.45) is -3.50. The normalized spacial score (nSPS) is 20.9. The molecule has 1 amide bonds. The first kappa shape index (κ1) is 19.5. The summed E-state index contributed by atoms with van der Waals surface area (Å²) in [4.78, 5) is 13.8. The van der Waals surface area contributed by atoms with Crippen LogP contribution in [0.3, 0.4) is 0 Å². The Morgan fingerprint density at radius 1 is 1.26 bits per heavy atom. The van der Waals surface area contributed by atoms with Gasteiger partial charge in [-0.05, 0) is 24.0 Å². The van der Waals surface area contributed by atoms with Crippen LogP contribution in [0.5, 0.6) is 0 Å². The lowest BCUT2D eigenvalue weighted by molar-refractivity contribution is -0.160. The Labute approximate surface area is 155 Å². The average Bonchev–Trinajstić information content (AvgIpc) is 3.35. The number of benzene rings is 1. The van der Waals surface area contributed by atoms with E-state index < -0.39 is 17.7 Å². The fraction of sp³-hybridized carbons (Fsp3) is 0.526. The van der Waals surface area contributed by atoms with E-state index in [1.807, 2.05) is 0 Å². The zero-order chi connectivity index (χ0) is 19.8. The first-order chi connectivity index (χ1) is 12.7. The van der Waals surface area contributed by atoms with E-state index in [1.165, 1.54) is 6.20 Å². The van der Waals surface area contributed by atoms with Gasteiger partial charge in [0, 0.05) is 37.3 Å². The summed E-state index contributed by atoms with van der Waals surface area (Å²) in [5, 5.41) is 9.84. The summed E-state index contributed by atoms with van der Waals surface area (Å²) in [5.74, 6) is -0.0654. The molecule has 5 nitrogen and oxygen atoms in total. The molecule has 2 fully saturated rings. The third kappa shape index (κ3) is 3.90. The monoisotopic (exact) mass is 383 g/mol. The number of alkyl halides is 3. The predicted molar refractivity (Wildman–Crippen MR) is 94.4 cm³/mol. The molecule has 8 heteroatoms. The molecule has 0 aromatic heterocycles. The number of aliphatic hydroxyl groups excluding tert-OH is 1. The summed E-state index contributed by atoms with van der Waals surface area (Å²) in [6, 6.07) is 6.59. The van der Waals surface area contributed by atoms with E-state index in [-0.39, 0.29) is 37.5 Å². The highest BCUT2D eigenvalue weighted by Gasteiger charge is 2.64. The Kier molecular flexibility index (Phi) is 5.12. The standard InChI is InChI=1S/C19H24F3N3O2/c20-19(21,22)18(5-6-18)14-3-1-12(2-4-14)13-10-25(11-13)17(27)8-16(26)7-15(24)9-23/h1-4,9,13,16,26H,5-8,10-11,23-24H2/b15-9-. The van der Waals surface area contributed by atoms with E-state index in [0.29, 0.717) is 24.4 Å². The highest BCUT2D eigenvalue weighted by atomic mass is 19.4. The smallest absolute Gasteiger partial charge is 0.398 e. The zero-order valence-electron chi connectivity index (χ0n) is 14.9. The second kappa shape index (κ2) is 7.07. The van der Waals surface area contributed by atoms with Crippen LogP contribution in [-0.4, -0.2) is 41.3 Å². The van der Waals surface area contributed by atoms with Crippen molar-refractivity contribution >= 4 is 5.91 Å². The molecule has 1 aliphatic heterocycles. The van der Waals surface area contributed by atoms with Crippen molar-refractivity contribution < 1.29 is 23.1 Å². The van der Waals surface area contributed by atoms with Gasteiger partial charge < -0.3 is 21.5 Å². The second-order valence-electron chi connectivity index (χ2n) is 7.50. The Bertz CT molecular complexity index is 721. The van der Waals surface area contributed by atoms with E-state index in [4.69, 9.17) is 11.5 Å². The van der Waals surface area contributed by atoms with Crippen LogP contribution in [0.15, 0.2) is 36.2 Å². The average molecular weight is 383 g/mol. The van der Waals surface area contributed by atoms with Crippen molar-refractivity contribution in [3.8, 4) is 0 Å². The maximum atomic E-state index is 13.2. The Balaban J connectivity index is 1.52. The Morgan fingerprint density at radius 3 is 2.33 bits per heavy atom. The molecule has 148 valence electrons. The van der Waals surface area contributed by atoms with Crippen LogP contribution < -0.4 is 11.5 Å². The fourth-order valence-corrected chi connectivity index (χ4v) is 3.57. The molecule has 1 aromatic carbocycles.